The van der Waals surface area contributed by atoms with Gasteiger partial charge in [0.15, 0.2) is 0 Å². The van der Waals surface area contributed by atoms with E-state index in [0.29, 0.717) is 6.42 Å². The normalized spacial score (nSPS) is 23.1. The molecule has 0 aromatic heterocycles. The minimum absolute atomic E-state index is 0.185. The number of benzene rings is 1. The molecule has 2 atom stereocenters. The summed E-state index contributed by atoms with van der Waals surface area (Å²) in [4.78, 5) is 11.8. The lowest BCUT2D eigenvalue weighted by molar-refractivity contribution is -0.128. The second-order valence-electron chi connectivity index (χ2n) is 4.62. The quantitative estimate of drug-likeness (QED) is 0.828. The third-order valence-corrected chi connectivity index (χ3v) is 3.49. The highest BCUT2D eigenvalue weighted by atomic mass is 16.3. The zero-order chi connectivity index (χ0) is 11.5. The molecule has 0 bridgehead atoms. The van der Waals surface area contributed by atoms with Gasteiger partial charge in [-0.05, 0) is 30.9 Å². The fraction of sp³-hybridized carbons (Fsp3) is 0.500. The van der Waals surface area contributed by atoms with E-state index in [2.05, 4.69) is 0 Å². The van der Waals surface area contributed by atoms with Crippen LogP contribution >= 0.6 is 0 Å². The zero-order valence-corrected chi connectivity index (χ0v) is 9.65. The van der Waals surface area contributed by atoms with Gasteiger partial charge in [-0.1, -0.05) is 30.7 Å². The Bertz CT molecular complexity index is 384. The first-order chi connectivity index (χ1) is 7.70. The summed E-state index contributed by atoms with van der Waals surface area (Å²) >= 11 is 0. The highest BCUT2D eigenvalue weighted by molar-refractivity contribution is 5.82. The van der Waals surface area contributed by atoms with Crippen LogP contribution in [-0.4, -0.2) is 10.9 Å². The lowest BCUT2D eigenvalue weighted by Gasteiger charge is -2.26. The van der Waals surface area contributed by atoms with Gasteiger partial charge in [-0.3, -0.25) is 4.79 Å². The summed E-state index contributed by atoms with van der Waals surface area (Å²) in [6.07, 6.45) is 2.88. The molecule has 16 heavy (non-hydrogen) atoms. The SMILES string of the molecule is Cc1ccccc1[C@H](O)[C@@H]1CCCCC1=O. The van der Waals surface area contributed by atoms with E-state index in [4.69, 9.17) is 0 Å². The summed E-state index contributed by atoms with van der Waals surface area (Å²) in [5.41, 5.74) is 1.97. The molecule has 1 aliphatic rings. The average molecular weight is 218 g/mol. The third-order valence-electron chi connectivity index (χ3n) is 3.49. The summed E-state index contributed by atoms with van der Waals surface area (Å²) in [5.74, 6) is 0.0388. The number of aryl methyl sites for hydroxylation is 1. The molecule has 0 heterocycles. The van der Waals surface area contributed by atoms with Gasteiger partial charge in [-0.25, -0.2) is 0 Å². The number of aliphatic hydroxyl groups is 1. The van der Waals surface area contributed by atoms with Crippen molar-refractivity contribution in [2.75, 3.05) is 0 Å². The van der Waals surface area contributed by atoms with Gasteiger partial charge in [-0.15, -0.1) is 0 Å². The van der Waals surface area contributed by atoms with E-state index in [9.17, 15) is 9.90 Å². The lowest BCUT2D eigenvalue weighted by atomic mass is 9.81. The van der Waals surface area contributed by atoms with Crippen LogP contribution < -0.4 is 0 Å². The number of carbonyl (C=O) groups is 1. The summed E-state index contributed by atoms with van der Waals surface area (Å²) in [5, 5.41) is 10.3. The van der Waals surface area contributed by atoms with Crippen LogP contribution in [0.1, 0.15) is 42.9 Å². The first-order valence-electron chi connectivity index (χ1n) is 5.96. The predicted octanol–water partition coefficient (Wildman–Crippen LogP) is 2.79. The minimum atomic E-state index is -0.617. The molecule has 1 saturated carbocycles. The van der Waals surface area contributed by atoms with Crippen LogP contribution in [0.2, 0.25) is 0 Å². The van der Waals surface area contributed by atoms with E-state index >= 15 is 0 Å². The highest BCUT2D eigenvalue weighted by Crippen LogP contribution is 2.33. The molecular formula is C14H18O2. The maximum atomic E-state index is 11.8. The predicted molar refractivity (Wildman–Crippen MR) is 63.1 cm³/mol. The second-order valence-corrected chi connectivity index (χ2v) is 4.62. The number of rotatable bonds is 2. The van der Waals surface area contributed by atoms with Crippen molar-refractivity contribution < 1.29 is 9.90 Å². The molecule has 0 amide bonds. The molecule has 0 spiro atoms. The first kappa shape index (κ1) is 11.3. The summed E-state index contributed by atoms with van der Waals surface area (Å²) < 4.78 is 0. The molecule has 0 radical (unpaired) electrons. The van der Waals surface area contributed by atoms with Crippen LogP contribution in [-0.2, 0) is 4.79 Å². The first-order valence-corrected chi connectivity index (χ1v) is 5.96. The van der Waals surface area contributed by atoms with E-state index in [1.165, 1.54) is 0 Å². The Balaban J connectivity index is 2.21. The molecule has 1 N–H and O–H groups in total. The molecule has 1 aliphatic carbocycles. The molecular weight excluding hydrogens is 200 g/mol. The van der Waals surface area contributed by atoms with Crippen molar-refractivity contribution in [1.82, 2.24) is 0 Å². The van der Waals surface area contributed by atoms with Crippen LogP contribution in [0.25, 0.3) is 0 Å². The van der Waals surface area contributed by atoms with Crippen LogP contribution in [0, 0.1) is 12.8 Å². The van der Waals surface area contributed by atoms with Crippen LogP contribution in [0.5, 0.6) is 0 Å². The Morgan fingerprint density at radius 1 is 1.31 bits per heavy atom. The number of hydrogen-bond donors (Lipinski definition) is 1. The molecule has 1 aromatic carbocycles. The lowest BCUT2D eigenvalue weighted by Crippen LogP contribution is -2.25. The van der Waals surface area contributed by atoms with E-state index in [1.54, 1.807) is 0 Å². The van der Waals surface area contributed by atoms with Crippen LogP contribution in [0.4, 0.5) is 0 Å². The number of ketones is 1. The van der Waals surface area contributed by atoms with Crippen molar-refractivity contribution in [2.45, 2.75) is 38.7 Å². The maximum Gasteiger partial charge on any atom is 0.138 e. The Labute approximate surface area is 96.3 Å². The Morgan fingerprint density at radius 3 is 2.75 bits per heavy atom. The van der Waals surface area contributed by atoms with Gasteiger partial charge in [0.25, 0.3) is 0 Å². The Morgan fingerprint density at radius 2 is 2.06 bits per heavy atom. The molecule has 0 unspecified atom stereocenters. The Hall–Kier alpha value is -1.15. The monoisotopic (exact) mass is 218 g/mol. The van der Waals surface area contributed by atoms with Crippen molar-refractivity contribution in [1.29, 1.82) is 0 Å². The molecule has 0 aliphatic heterocycles. The highest BCUT2D eigenvalue weighted by Gasteiger charge is 2.30. The third kappa shape index (κ3) is 2.17. The van der Waals surface area contributed by atoms with Crippen molar-refractivity contribution in [3.05, 3.63) is 35.4 Å². The van der Waals surface area contributed by atoms with E-state index < -0.39 is 6.10 Å². The second kappa shape index (κ2) is 4.79. The maximum absolute atomic E-state index is 11.8. The fourth-order valence-electron chi connectivity index (χ4n) is 2.48. The number of aliphatic hydroxyl groups excluding tert-OH is 1. The largest absolute Gasteiger partial charge is 0.388 e. The molecule has 2 rings (SSSR count). The summed E-state index contributed by atoms with van der Waals surface area (Å²) in [6, 6.07) is 7.76. The Kier molecular flexibility index (Phi) is 3.39. The fourth-order valence-corrected chi connectivity index (χ4v) is 2.48. The molecule has 86 valence electrons. The van der Waals surface area contributed by atoms with E-state index in [1.807, 2.05) is 31.2 Å². The smallest absolute Gasteiger partial charge is 0.138 e. The molecule has 1 fully saturated rings. The van der Waals surface area contributed by atoms with Crippen molar-refractivity contribution in [2.24, 2.45) is 5.92 Å². The van der Waals surface area contributed by atoms with Gasteiger partial charge in [0, 0.05) is 12.3 Å². The van der Waals surface area contributed by atoms with Gasteiger partial charge in [0.1, 0.15) is 5.78 Å². The van der Waals surface area contributed by atoms with Gasteiger partial charge in [0.05, 0.1) is 6.10 Å². The van der Waals surface area contributed by atoms with Gasteiger partial charge >= 0.3 is 0 Å². The van der Waals surface area contributed by atoms with Gasteiger partial charge in [0.2, 0.25) is 0 Å². The number of carbonyl (C=O) groups excluding carboxylic acids is 1. The van der Waals surface area contributed by atoms with E-state index in [0.717, 1.165) is 30.4 Å². The summed E-state index contributed by atoms with van der Waals surface area (Å²) in [6.45, 7) is 1.98. The van der Waals surface area contributed by atoms with E-state index in [-0.39, 0.29) is 11.7 Å². The molecule has 2 nitrogen and oxygen atoms in total. The topological polar surface area (TPSA) is 37.3 Å². The molecule has 2 heteroatoms. The van der Waals surface area contributed by atoms with Crippen LogP contribution in [0.3, 0.4) is 0 Å². The number of Topliss-reactive ketones (excluding diaryl/α,β-unsaturated/α-hetero) is 1. The molecule has 1 aromatic rings. The standard InChI is InChI=1S/C14H18O2/c1-10-6-2-3-7-11(10)14(16)12-8-4-5-9-13(12)15/h2-3,6-7,12,14,16H,4-5,8-9H2,1H3/t12-,14+/m1/s1. The zero-order valence-electron chi connectivity index (χ0n) is 9.65. The van der Waals surface area contributed by atoms with Gasteiger partial charge in [-0.2, -0.15) is 0 Å². The van der Waals surface area contributed by atoms with Gasteiger partial charge < -0.3 is 5.11 Å². The van der Waals surface area contributed by atoms with Crippen molar-refractivity contribution in [3.63, 3.8) is 0 Å². The number of hydrogen-bond acceptors (Lipinski definition) is 2. The molecule has 0 saturated heterocycles. The van der Waals surface area contributed by atoms with Crippen molar-refractivity contribution >= 4 is 5.78 Å². The average Bonchev–Trinajstić information content (AvgIpc) is 2.29. The van der Waals surface area contributed by atoms with Crippen LogP contribution in [0.15, 0.2) is 24.3 Å². The summed E-state index contributed by atoms with van der Waals surface area (Å²) in [7, 11) is 0. The minimum Gasteiger partial charge on any atom is -0.388 e. The van der Waals surface area contributed by atoms with Crippen molar-refractivity contribution in [3.8, 4) is 0 Å².